The van der Waals surface area contributed by atoms with E-state index in [9.17, 15) is 8.42 Å². The van der Waals surface area contributed by atoms with Crippen LogP contribution in [0.15, 0.2) is 0 Å². The minimum absolute atomic E-state index is 0. The zero-order valence-corrected chi connectivity index (χ0v) is 10.3. The molecule has 0 aromatic carbocycles. The number of piperazine rings is 1. The Hall–Kier alpha value is 0.160. The van der Waals surface area contributed by atoms with Crippen LogP contribution in [0.1, 0.15) is 20.3 Å². The van der Waals surface area contributed by atoms with Crippen molar-refractivity contribution in [3.63, 3.8) is 0 Å². The number of sulfonamides is 1. The van der Waals surface area contributed by atoms with Crippen LogP contribution < -0.4 is 5.32 Å². The molecule has 1 N–H and O–H groups in total. The second kappa shape index (κ2) is 5.90. The lowest BCUT2D eigenvalue weighted by Gasteiger charge is -2.32. The van der Waals surface area contributed by atoms with Crippen molar-refractivity contribution >= 4 is 22.4 Å². The molecule has 0 radical (unpaired) electrons. The Balaban J connectivity index is 0.00000169. The molecule has 1 heterocycles. The van der Waals surface area contributed by atoms with E-state index in [1.807, 2.05) is 13.8 Å². The van der Waals surface area contributed by atoms with E-state index >= 15 is 0 Å². The highest BCUT2D eigenvalue weighted by Crippen LogP contribution is 2.10. The van der Waals surface area contributed by atoms with Crippen LogP contribution in [0.4, 0.5) is 0 Å². The van der Waals surface area contributed by atoms with Crippen LogP contribution in [0.3, 0.4) is 0 Å². The number of rotatable bonds is 3. The van der Waals surface area contributed by atoms with Crippen LogP contribution in [0.5, 0.6) is 0 Å². The van der Waals surface area contributed by atoms with Crippen LogP contribution in [0.2, 0.25) is 0 Å². The monoisotopic (exact) mass is 242 g/mol. The highest BCUT2D eigenvalue weighted by Gasteiger charge is 2.28. The summed E-state index contributed by atoms with van der Waals surface area (Å²) in [6.45, 7) is 5.99. The summed E-state index contributed by atoms with van der Waals surface area (Å²) in [4.78, 5) is 0. The Morgan fingerprint density at radius 2 is 2.14 bits per heavy atom. The van der Waals surface area contributed by atoms with E-state index in [1.165, 1.54) is 0 Å². The summed E-state index contributed by atoms with van der Waals surface area (Å²) in [6, 6.07) is 0.102. The van der Waals surface area contributed by atoms with Gasteiger partial charge in [-0.3, -0.25) is 0 Å². The SMILES string of the molecule is CCCS(=O)(=O)N1CCNCC1C.Cl. The molecule has 1 saturated heterocycles. The van der Waals surface area contributed by atoms with Gasteiger partial charge >= 0.3 is 0 Å². The first-order chi connectivity index (χ1) is 6.08. The fourth-order valence-corrected chi connectivity index (χ4v) is 3.35. The average Bonchev–Trinajstić information content (AvgIpc) is 2.04. The Kier molecular flexibility index (Phi) is 5.97. The summed E-state index contributed by atoms with van der Waals surface area (Å²) in [5.74, 6) is 0.275. The van der Waals surface area contributed by atoms with Gasteiger partial charge in [-0.05, 0) is 13.3 Å². The van der Waals surface area contributed by atoms with Crippen LogP contribution in [-0.4, -0.2) is 44.2 Å². The molecule has 1 unspecified atom stereocenters. The van der Waals surface area contributed by atoms with E-state index in [-0.39, 0.29) is 24.2 Å². The van der Waals surface area contributed by atoms with Crippen LogP contribution in [-0.2, 0) is 10.0 Å². The van der Waals surface area contributed by atoms with Crippen molar-refractivity contribution in [3.05, 3.63) is 0 Å². The van der Waals surface area contributed by atoms with Crippen molar-refractivity contribution in [3.8, 4) is 0 Å². The van der Waals surface area contributed by atoms with Crippen molar-refractivity contribution in [1.82, 2.24) is 9.62 Å². The summed E-state index contributed by atoms with van der Waals surface area (Å²) in [6.07, 6.45) is 0.693. The molecule has 1 atom stereocenters. The van der Waals surface area contributed by atoms with Gasteiger partial charge in [-0.25, -0.2) is 8.42 Å². The molecule has 0 saturated carbocycles. The molecule has 0 spiro atoms. The number of nitrogens with zero attached hydrogens (tertiary/aromatic N) is 1. The Labute approximate surface area is 92.5 Å². The normalized spacial score (nSPS) is 24.3. The second-order valence-electron chi connectivity index (χ2n) is 3.48. The topological polar surface area (TPSA) is 49.4 Å². The van der Waals surface area contributed by atoms with E-state index < -0.39 is 10.0 Å². The molecular formula is C8H19ClN2O2S. The molecule has 0 aliphatic carbocycles. The van der Waals surface area contributed by atoms with E-state index in [1.54, 1.807) is 4.31 Å². The molecule has 0 amide bonds. The first-order valence-corrected chi connectivity index (χ1v) is 6.39. The maximum Gasteiger partial charge on any atom is 0.214 e. The van der Waals surface area contributed by atoms with Crippen LogP contribution >= 0.6 is 12.4 Å². The van der Waals surface area contributed by atoms with Gasteiger partial charge in [0.1, 0.15) is 0 Å². The Morgan fingerprint density at radius 3 is 2.64 bits per heavy atom. The molecule has 1 aliphatic heterocycles. The summed E-state index contributed by atoms with van der Waals surface area (Å²) >= 11 is 0. The van der Waals surface area contributed by atoms with Crippen molar-refractivity contribution in [2.24, 2.45) is 0 Å². The van der Waals surface area contributed by atoms with E-state index in [0.29, 0.717) is 13.0 Å². The lowest BCUT2D eigenvalue weighted by molar-refractivity contribution is 0.284. The maximum atomic E-state index is 11.7. The first-order valence-electron chi connectivity index (χ1n) is 4.78. The van der Waals surface area contributed by atoms with Gasteiger partial charge in [0, 0.05) is 25.7 Å². The summed E-state index contributed by atoms with van der Waals surface area (Å²) in [7, 11) is -2.99. The molecule has 6 heteroatoms. The third-order valence-corrected chi connectivity index (χ3v) is 4.44. The van der Waals surface area contributed by atoms with Gasteiger partial charge in [-0.15, -0.1) is 12.4 Å². The van der Waals surface area contributed by atoms with Crippen LogP contribution in [0.25, 0.3) is 0 Å². The minimum Gasteiger partial charge on any atom is -0.314 e. The molecule has 0 aromatic rings. The highest BCUT2D eigenvalue weighted by atomic mass is 35.5. The van der Waals surface area contributed by atoms with Crippen molar-refractivity contribution in [2.75, 3.05) is 25.4 Å². The fraction of sp³-hybridized carbons (Fsp3) is 1.00. The highest BCUT2D eigenvalue weighted by molar-refractivity contribution is 7.89. The molecule has 0 aromatic heterocycles. The molecule has 1 aliphatic rings. The maximum absolute atomic E-state index is 11.7. The summed E-state index contributed by atoms with van der Waals surface area (Å²) in [5, 5.41) is 3.17. The van der Waals surface area contributed by atoms with Gasteiger partial charge in [0.05, 0.1) is 5.75 Å². The van der Waals surface area contributed by atoms with Gasteiger partial charge in [-0.1, -0.05) is 6.92 Å². The lowest BCUT2D eigenvalue weighted by atomic mass is 10.3. The molecular weight excluding hydrogens is 224 g/mol. The van der Waals surface area contributed by atoms with Crippen molar-refractivity contribution < 1.29 is 8.42 Å². The first kappa shape index (κ1) is 14.2. The summed E-state index contributed by atoms with van der Waals surface area (Å²) < 4.78 is 25.0. The average molecular weight is 243 g/mol. The molecule has 0 bridgehead atoms. The van der Waals surface area contributed by atoms with E-state index in [2.05, 4.69) is 5.32 Å². The van der Waals surface area contributed by atoms with Gasteiger partial charge in [-0.2, -0.15) is 4.31 Å². The summed E-state index contributed by atoms with van der Waals surface area (Å²) in [5.41, 5.74) is 0. The quantitative estimate of drug-likeness (QED) is 0.782. The second-order valence-corrected chi connectivity index (χ2v) is 5.52. The zero-order valence-electron chi connectivity index (χ0n) is 8.69. The van der Waals surface area contributed by atoms with Gasteiger partial charge < -0.3 is 5.32 Å². The number of hydrogen-bond donors (Lipinski definition) is 1. The number of hydrogen-bond acceptors (Lipinski definition) is 3. The van der Waals surface area contributed by atoms with Crippen molar-refractivity contribution in [1.29, 1.82) is 0 Å². The molecule has 14 heavy (non-hydrogen) atoms. The molecule has 4 nitrogen and oxygen atoms in total. The van der Waals surface area contributed by atoms with Gasteiger partial charge in [0.2, 0.25) is 10.0 Å². The number of nitrogens with one attached hydrogen (secondary N) is 1. The third-order valence-electron chi connectivity index (χ3n) is 2.26. The van der Waals surface area contributed by atoms with Gasteiger partial charge in [0.25, 0.3) is 0 Å². The minimum atomic E-state index is -2.99. The lowest BCUT2D eigenvalue weighted by Crippen LogP contribution is -2.52. The Morgan fingerprint density at radius 1 is 1.50 bits per heavy atom. The molecule has 1 fully saturated rings. The molecule has 1 rings (SSSR count). The largest absolute Gasteiger partial charge is 0.314 e. The predicted octanol–water partition coefficient (Wildman–Crippen LogP) is 0.442. The van der Waals surface area contributed by atoms with Gasteiger partial charge in [0.15, 0.2) is 0 Å². The zero-order chi connectivity index (χ0) is 9.90. The fourth-order valence-electron chi connectivity index (χ4n) is 1.61. The third kappa shape index (κ3) is 3.38. The van der Waals surface area contributed by atoms with Crippen molar-refractivity contribution in [2.45, 2.75) is 26.3 Å². The Bertz CT molecular complexity index is 256. The predicted molar refractivity (Wildman–Crippen MR) is 60.4 cm³/mol. The van der Waals surface area contributed by atoms with E-state index in [0.717, 1.165) is 13.1 Å². The number of halogens is 1. The smallest absolute Gasteiger partial charge is 0.214 e. The standard InChI is InChI=1S/C8H18N2O2S.ClH/c1-3-6-13(11,12)10-5-4-9-7-8(10)2;/h8-9H,3-7H2,1-2H3;1H. The van der Waals surface area contributed by atoms with E-state index in [4.69, 9.17) is 0 Å². The molecule has 86 valence electrons. The van der Waals surface area contributed by atoms with Crippen LogP contribution in [0, 0.1) is 0 Å².